The van der Waals surface area contributed by atoms with E-state index in [2.05, 4.69) is 17.4 Å². The third kappa shape index (κ3) is 5.03. The van der Waals surface area contributed by atoms with Gasteiger partial charge in [0, 0.05) is 20.2 Å². The molecule has 148 valence electrons. The zero-order chi connectivity index (χ0) is 20.3. The average Bonchev–Trinajstić information content (AvgIpc) is 3.51. The van der Waals surface area contributed by atoms with Crippen molar-refractivity contribution in [3.8, 4) is 0 Å². The smallest absolute Gasteiger partial charge is 0.228 e. The quantitative estimate of drug-likeness (QED) is 0.439. The Morgan fingerprint density at radius 1 is 0.931 bits per heavy atom. The number of carbonyl (C=O) groups is 1. The zero-order valence-electron chi connectivity index (χ0n) is 16.2. The van der Waals surface area contributed by atoms with E-state index in [1.54, 1.807) is 23.5 Å². The van der Waals surface area contributed by atoms with Gasteiger partial charge in [-0.3, -0.25) is 4.79 Å². The number of thioether (sulfide) groups is 2. The van der Waals surface area contributed by atoms with Gasteiger partial charge in [-0.1, -0.05) is 24.3 Å². The molecule has 1 aliphatic carbocycles. The van der Waals surface area contributed by atoms with Gasteiger partial charge in [0.15, 0.2) is 0 Å². The van der Waals surface area contributed by atoms with Crippen LogP contribution in [-0.2, 0) is 16.0 Å². The first-order chi connectivity index (χ1) is 14.1. The van der Waals surface area contributed by atoms with Crippen LogP contribution in [0.3, 0.4) is 0 Å². The lowest BCUT2D eigenvalue weighted by Gasteiger charge is -2.16. The van der Waals surface area contributed by atoms with Crippen LogP contribution in [0.25, 0.3) is 0 Å². The first kappa shape index (κ1) is 20.0. The largest absolute Gasteiger partial charge is 0.326 e. The third-order valence-corrected chi connectivity index (χ3v) is 7.34. The topological polar surface area (TPSA) is 29.1 Å². The van der Waals surface area contributed by atoms with Gasteiger partial charge in [0.25, 0.3) is 0 Å². The molecule has 1 amide bonds. The first-order valence-electron chi connectivity index (χ1n) is 9.54. The van der Waals surface area contributed by atoms with Gasteiger partial charge in [0.2, 0.25) is 5.91 Å². The van der Waals surface area contributed by atoms with E-state index < -0.39 is 0 Å². The Morgan fingerprint density at radius 2 is 1.55 bits per heavy atom. The van der Waals surface area contributed by atoms with Crippen molar-refractivity contribution in [2.45, 2.75) is 33.8 Å². The molecule has 3 aromatic rings. The van der Waals surface area contributed by atoms with E-state index in [0.29, 0.717) is 6.42 Å². The normalized spacial score (nSPS) is 14.4. The van der Waals surface area contributed by atoms with Crippen molar-refractivity contribution in [2.75, 3.05) is 11.6 Å². The number of hydrogen-bond acceptors (Lipinski definition) is 3. The standard InChI is InChI=1S/C24H22FNOS2/c1-28-21-10-2-17(3-11-21)16-23(27)26-20-8-4-18(5-9-20)24(14-15-24)29-22-12-6-19(25)7-13-22/h2-13H,14-16H2,1H3,(H,26,27). The van der Waals surface area contributed by atoms with Gasteiger partial charge in [-0.25, -0.2) is 4.39 Å². The Hall–Kier alpha value is -2.24. The van der Waals surface area contributed by atoms with E-state index in [4.69, 9.17) is 0 Å². The molecule has 1 saturated carbocycles. The highest BCUT2D eigenvalue weighted by molar-refractivity contribution is 8.00. The van der Waals surface area contributed by atoms with Crippen LogP contribution in [0.1, 0.15) is 24.0 Å². The summed E-state index contributed by atoms with van der Waals surface area (Å²) in [7, 11) is 0. The van der Waals surface area contributed by atoms with E-state index in [1.165, 1.54) is 22.6 Å². The second-order valence-electron chi connectivity index (χ2n) is 7.20. The molecule has 1 fully saturated rings. The van der Waals surface area contributed by atoms with Crippen molar-refractivity contribution in [3.05, 3.63) is 89.7 Å². The van der Waals surface area contributed by atoms with Crippen molar-refractivity contribution < 1.29 is 9.18 Å². The first-order valence-corrected chi connectivity index (χ1v) is 11.6. The summed E-state index contributed by atoms with van der Waals surface area (Å²) in [5.74, 6) is -0.226. The predicted octanol–water partition coefficient (Wildman–Crippen LogP) is 6.51. The summed E-state index contributed by atoms with van der Waals surface area (Å²) in [6.45, 7) is 0. The van der Waals surface area contributed by atoms with Gasteiger partial charge in [0.05, 0.1) is 6.42 Å². The molecular weight excluding hydrogens is 401 g/mol. The highest BCUT2D eigenvalue weighted by Crippen LogP contribution is 2.59. The molecule has 5 heteroatoms. The SMILES string of the molecule is CSc1ccc(CC(=O)Nc2ccc(C3(Sc4ccc(F)cc4)CC3)cc2)cc1. The number of carbonyl (C=O) groups excluding carboxylic acids is 1. The highest BCUT2D eigenvalue weighted by atomic mass is 32.2. The van der Waals surface area contributed by atoms with Crippen LogP contribution in [0.15, 0.2) is 82.6 Å². The van der Waals surface area contributed by atoms with E-state index >= 15 is 0 Å². The molecule has 0 radical (unpaired) electrons. The van der Waals surface area contributed by atoms with Crippen molar-refractivity contribution >= 4 is 35.1 Å². The summed E-state index contributed by atoms with van der Waals surface area (Å²) in [5, 5.41) is 2.98. The van der Waals surface area contributed by atoms with Crippen LogP contribution in [-0.4, -0.2) is 12.2 Å². The predicted molar refractivity (Wildman–Crippen MR) is 120 cm³/mol. The fraction of sp³-hybridized carbons (Fsp3) is 0.208. The lowest BCUT2D eigenvalue weighted by Crippen LogP contribution is -2.14. The van der Waals surface area contributed by atoms with Crippen molar-refractivity contribution in [1.82, 2.24) is 0 Å². The fourth-order valence-electron chi connectivity index (χ4n) is 3.28. The number of rotatable bonds is 7. The maximum atomic E-state index is 13.1. The molecule has 0 heterocycles. The summed E-state index contributed by atoms with van der Waals surface area (Å²) in [4.78, 5) is 14.6. The molecule has 1 aliphatic rings. The molecule has 0 spiro atoms. The van der Waals surface area contributed by atoms with Gasteiger partial charge in [-0.15, -0.1) is 23.5 Å². The molecular formula is C24H22FNOS2. The maximum Gasteiger partial charge on any atom is 0.228 e. The van der Waals surface area contributed by atoms with Crippen molar-refractivity contribution in [3.63, 3.8) is 0 Å². The van der Waals surface area contributed by atoms with Gasteiger partial charge in [-0.2, -0.15) is 0 Å². The molecule has 0 aliphatic heterocycles. The molecule has 0 aromatic heterocycles. The molecule has 3 aromatic carbocycles. The van der Waals surface area contributed by atoms with Gasteiger partial charge < -0.3 is 5.32 Å². The minimum atomic E-state index is -0.209. The van der Waals surface area contributed by atoms with Crippen LogP contribution in [0.2, 0.25) is 0 Å². The van der Waals surface area contributed by atoms with Crippen molar-refractivity contribution in [2.24, 2.45) is 0 Å². The van der Waals surface area contributed by atoms with Crippen LogP contribution in [0, 0.1) is 5.82 Å². The Kier molecular flexibility index (Phi) is 5.97. The maximum absolute atomic E-state index is 13.1. The number of anilines is 1. The Labute approximate surface area is 179 Å². The van der Waals surface area contributed by atoms with Gasteiger partial charge in [-0.05, 0) is 78.8 Å². The molecule has 0 saturated heterocycles. The van der Waals surface area contributed by atoms with Gasteiger partial charge in [0.1, 0.15) is 5.82 Å². The Morgan fingerprint density at radius 3 is 2.14 bits per heavy atom. The number of hydrogen-bond donors (Lipinski definition) is 1. The summed E-state index contributed by atoms with van der Waals surface area (Å²) < 4.78 is 13.2. The minimum absolute atomic E-state index is 0.0172. The zero-order valence-corrected chi connectivity index (χ0v) is 17.8. The van der Waals surface area contributed by atoms with Gasteiger partial charge >= 0.3 is 0 Å². The highest BCUT2D eigenvalue weighted by Gasteiger charge is 2.45. The molecule has 2 nitrogen and oxygen atoms in total. The number of nitrogens with one attached hydrogen (secondary N) is 1. The molecule has 0 atom stereocenters. The van der Waals surface area contributed by atoms with Crippen LogP contribution >= 0.6 is 23.5 Å². The summed E-state index contributed by atoms with van der Waals surface area (Å²) in [6, 6.07) is 22.9. The average molecular weight is 424 g/mol. The lowest BCUT2D eigenvalue weighted by molar-refractivity contribution is -0.115. The number of amides is 1. The van der Waals surface area contributed by atoms with E-state index in [9.17, 15) is 9.18 Å². The second kappa shape index (κ2) is 8.64. The lowest BCUT2D eigenvalue weighted by atomic mass is 10.1. The molecule has 0 bridgehead atoms. The Bertz CT molecular complexity index is 981. The summed E-state index contributed by atoms with van der Waals surface area (Å²) in [6.07, 6.45) is 4.61. The fourth-order valence-corrected chi connectivity index (χ4v) is 4.97. The third-order valence-electron chi connectivity index (χ3n) is 5.05. The molecule has 1 N–H and O–H groups in total. The van der Waals surface area contributed by atoms with E-state index in [0.717, 1.165) is 29.0 Å². The minimum Gasteiger partial charge on any atom is -0.326 e. The van der Waals surface area contributed by atoms with Crippen LogP contribution in [0.4, 0.5) is 10.1 Å². The number of halogens is 1. The summed E-state index contributed by atoms with van der Waals surface area (Å²) >= 11 is 3.48. The Balaban J connectivity index is 1.37. The van der Waals surface area contributed by atoms with Crippen LogP contribution in [0.5, 0.6) is 0 Å². The monoisotopic (exact) mass is 423 g/mol. The molecule has 0 unspecified atom stereocenters. The molecule has 29 heavy (non-hydrogen) atoms. The molecule has 4 rings (SSSR count). The van der Waals surface area contributed by atoms with E-state index in [1.807, 2.05) is 54.8 Å². The van der Waals surface area contributed by atoms with Crippen LogP contribution < -0.4 is 5.32 Å². The van der Waals surface area contributed by atoms with E-state index in [-0.39, 0.29) is 16.5 Å². The van der Waals surface area contributed by atoms with Crippen molar-refractivity contribution in [1.29, 1.82) is 0 Å². The second-order valence-corrected chi connectivity index (χ2v) is 9.54. The number of benzene rings is 3. The summed E-state index contributed by atoms with van der Waals surface area (Å²) in [5.41, 5.74) is 3.06.